The predicted molar refractivity (Wildman–Crippen MR) is 72.8 cm³/mol. The van der Waals surface area contributed by atoms with Crippen molar-refractivity contribution in [1.82, 2.24) is 5.32 Å². The van der Waals surface area contributed by atoms with E-state index in [0.29, 0.717) is 6.04 Å². The molecule has 1 atom stereocenters. The molecule has 0 bridgehead atoms. The zero-order chi connectivity index (χ0) is 11.8. The van der Waals surface area contributed by atoms with Gasteiger partial charge in [-0.1, -0.05) is 24.6 Å². The van der Waals surface area contributed by atoms with Gasteiger partial charge >= 0.3 is 0 Å². The first-order chi connectivity index (χ1) is 7.76. The minimum atomic E-state index is 0.417. The molecule has 0 aliphatic heterocycles. The molecule has 2 heteroatoms. The summed E-state index contributed by atoms with van der Waals surface area (Å²) in [4.78, 5) is 1.32. The molecule has 86 valence electrons. The smallest absolute Gasteiger partial charge is 0.0270 e. The Morgan fingerprint density at radius 2 is 2.31 bits per heavy atom. The topological polar surface area (TPSA) is 12.0 Å². The molecule has 0 aromatic heterocycles. The van der Waals surface area contributed by atoms with Gasteiger partial charge in [-0.2, -0.15) is 0 Å². The first kappa shape index (κ1) is 13.2. The molecule has 1 nitrogen and oxygen atoms in total. The lowest BCUT2D eigenvalue weighted by atomic mass is 10.2. The third kappa shape index (κ3) is 4.74. The van der Waals surface area contributed by atoms with E-state index in [1.807, 2.05) is 11.8 Å². The van der Waals surface area contributed by atoms with Crippen LogP contribution in [0.1, 0.15) is 18.9 Å². The number of nitrogens with one attached hydrogen (secondary N) is 1. The number of terminal acetylenes is 1. The maximum atomic E-state index is 5.35. The van der Waals surface area contributed by atoms with Crippen molar-refractivity contribution in [3.63, 3.8) is 0 Å². The van der Waals surface area contributed by atoms with Gasteiger partial charge < -0.3 is 5.32 Å². The molecule has 0 aliphatic carbocycles. The Bertz CT molecular complexity index is 354. The van der Waals surface area contributed by atoms with Crippen LogP contribution in [0.4, 0.5) is 0 Å². The summed E-state index contributed by atoms with van der Waals surface area (Å²) in [5, 5.41) is 3.41. The Balaban J connectivity index is 2.45. The lowest BCUT2D eigenvalue weighted by Crippen LogP contribution is -2.30. The van der Waals surface area contributed by atoms with Gasteiger partial charge in [-0.25, -0.2) is 0 Å². The molecule has 1 aromatic rings. The molecule has 0 fully saturated rings. The number of hydrogen-bond donors (Lipinski definition) is 1. The van der Waals surface area contributed by atoms with Crippen LogP contribution in [-0.4, -0.2) is 18.3 Å². The number of thioether (sulfide) groups is 1. The van der Waals surface area contributed by atoms with Gasteiger partial charge in [-0.15, -0.1) is 24.1 Å². The molecule has 0 amide bonds. The van der Waals surface area contributed by atoms with Crippen LogP contribution in [0, 0.1) is 19.3 Å². The van der Waals surface area contributed by atoms with E-state index in [-0.39, 0.29) is 0 Å². The molecule has 1 unspecified atom stereocenters. The normalized spacial score (nSPS) is 12.1. The Kier molecular flexibility index (Phi) is 6.07. The standard InChI is InChI=1S/C14H19NS/c1-4-7-13(15-5-2)11-16-14-9-6-8-12(3)10-14/h1,6,8-10,13,15H,5,7,11H2,2-3H3. The second-order valence-electron chi connectivity index (χ2n) is 3.79. The summed E-state index contributed by atoms with van der Waals surface area (Å²) >= 11 is 1.86. The third-order valence-corrected chi connectivity index (χ3v) is 3.45. The van der Waals surface area contributed by atoms with Crippen LogP contribution >= 0.6 is 11.8 Å². The Morgan fingerprint density at radius 1 is 1.50 bits per heavy atom. The van der Waals surface area contributed by atoms with Crippen LogP contribution in [0.5, 0.6) is 0 Å². The lowest BCUT2D eigenvalue weighted by molar-refractivity contribution is 0.588. The van der Waals surface area contributed by atoms with Gasteiger partial charge in [0.2, 0.25) is 0 Å². The first-order valence-electron chi connectivity index (χ1n) is 5.62. The first-order valence-corrected chi connectivity index (χ1v) is 6.61. The Hall–Kier alpha value is -0.910. The van der Waals surface area contributed by atoms with Crippen molar-refractivity contribution in [1.29, 1.82) is 0 Å². The van der Waals surface area contributed by atoms with Crippen molar-refractivity contribution in [2.24, 2.45) is 0 Å². The highest BCUT2D eigenvalue weighted by Gasteiger charge is 2.06. The SMILES string of the molecule is C#CCC(CSc1cccc(C)c1)NCC. The average Bonchev–Trinajstić information content (AvgIpc) is 2.27. The molecule has 0 saturated carbocycles. The maximum absolute atomic E-state index is 5.35. The van der Waals surface area contributed by atoms with E-state index in [1.165, 1.54) is 10.5 Å². The Morgan fingerprint density at radius 3 is 2.94 bits per heavy atom. The molecular weight excluding hydrogens is 214 g/mol. The second kappa shape index (κ2) is 7.38. The van der Waals surface area contributed by atoms with Gasteiger partial charge in [0, 0.05) is 23.1 Å². The maximum Gasteiger partial charge on any atom is 0.0270 e. The number of benzene rings is 1. The highest BCUT2D eigenvalue weighted by molar-refractivity contribution is 7.99. The molecule has 0 aliphatic rings. The van der Waals surface area contributed by atoms with Crippen LogP contribution in [0.25, 0.3) is 0 Å². The zero-order valence-corrected chi connectivity index (χ0v) is 10.8. The summed E-state index contributed by atoms with van der Waals surface area (Å²) in [5.74, 6) is 3.75. The minimum absolute atomic E-state index is 0.417. The second-order valence-corrected chi connectivity index (χ2v) is 4.88. The average molecular weight is 233 g/mol. The van der Waals surface area contributed by atoms with E-state index >= 15 is 0 Å². The number of aryl methyl sites for hydroxylation is 1. The molecule has 16 heavy (non-hydrogen) atoms. The summed E-state index contributed by atoms with van der Waals surface area (Å²) in [5.41, 5.74) is 1.31. The highest BCUT2D eigenvalue weighted by Crippen LogP contribution is 2.20. The van der Waals surface area contributed by atoms with Crippen molar-refractivity contribution in [3.05, 3.63) is 29.8 Å². The van der Waals surface area contributed by atoms with Gasteiger partial charge in [0.15, 0.2) is 0 Å². The summed E-state index contributed by atoms with van der Waals surface area (Å²) in [6.45, 7) is 5.20. The van der Waals surface area contributed by atoms with Gasteiger partial charge in [0.1, 0.15) is 0 Å². The van der Waals surface area contributed by atoms with E-state index in [1.54, 1.807) is 0 Å². The van der Waals surface area contributed by atoms with E-state index < -0.39 is 0 Å². The fourth-order valence-electron chi connectivity index (χ4n) is 1.52. The quantitative estimate of drug-likeness (QED) is 0.598. The number of rotatable bonds is 6. The largest absolute Gasteiger partial charge is 0.312 e. The summed E-state index contributed by atoms with van der Waals surface area (Å²) in [6, 6.07) is 8.99. The predicted octanol–water partition coefficient (Wildman–Crippen LogP) is 3.09. The summed E-state index contributed by atoms with van der Waals surface area (Å²) in [7, 11) is 0. The molecule has 1 aromatic carbocycles. The monoisotopic (exact) mass is 233 g/mol. The fraction of sp³-hybridized carbons (Fsp3) is 0.429. The van der Waals surface area contributed by atoms with Crippen molar-refractivity contribution in [3.8, 4) is 12.3 Å². The van der Waals surface area contributed by atoms with Crippen LogP contribution in [0.2, 0.25) is 0 Å². The molecule has 0 heterocycles. The minimum Gasteiger partial charge on any atom is -0.312 e. The van der Waals surface area contributed by atoms with Crippen LogP contribution in [0.3, 0.4) is 0 Å². The zero-order valence-electron chi connectivity index (χ0n) is 9.99. The molecule has 1 N–H and O–H groups in total. The molecule has 0 spiro atoms. The van der Waals surface area contributed by atoms with E-state index in [9.17, 15) is 0 Å². The van der Waals surface area contributed by atoms with E-state index in [4.69, 9.17) is 6.42 Å². The highest BCUT2D eigenvalue weighted by atomic mass is 32.2. The molecule has 0 saturated heterocycles. The van der Waals surface area contributed by atoms with Gasteiger partial charge in [-0.3, -0.25) is 0 Å². The molecule has 1 rings (SSSR count). The molecular formula is C14H19NS. The fourth-order valence-corrected chi connectivity index (χ4v) is 2.60. The molecule has 0 radical (unpaired) electrons. The Labute approximate surface area is 103 Å². The lowest BCUT2D eigenvalue weighted by Gasteiger charge is -2.14. The number of hydrogen-bond acceptors (Lipinski definition) is 2. The van der Waals surface area contributed by atoms with Crippen molar-refractivity contribution >= 4 is 11.8 Å². The van der Waals surface area contributed by atoms with Crippen LogP contribution in [0.15, 0.2) is 29.2 Å². The summed E-state index contributed by atoms with van der Waals surface area (Å²) in [6.07, 6.45) is 6.15. The van der Waals surface area contributed by atoms with E-state index in [2.05, 4.69) is 49.4 Å². The van der Waals surface area contributed by atoms with Crippen LogP contribution in [-0.2, 0) is 0 Å². The van der Waals surface area contributed by atoms with E-state index in [0.717, 1.165) is 18.7 Å². The third-order valence-electron chi connectivity index (χ3n) is 2.30. The van der Waals surface area contributed by atoms with Gasteiger partial charge in [0.25, 0.3) is 0 Å². The van der Waals surface area contributed by atoms with Crippen LogP contribution < -0.4 is 5.32 Å². The van der Waals surface area contributed by atoms with Gasteiger partial charge in [-0.05, 0) is 25.6 Å². The van der Waals surface area contributed by atoms with Crippen molar-refractivity contribution in [2.75, 3.05) is 12.3 Å². The van der Waals surface area contributed by atoms with Crippen molar-refractivity contribution < 1.29 is 0 Å². The van der Waals surface area contributed by atoms with Gasteiger partial charge in [0.05, 0.1) is 0 Å². The summed E-state index contributed by atoms with van der Waals surface area (Å²) < 4.78 is 0. The van der Waals surface area contributed by atoms with Crippen molar-refractivity contribution in [2.45, 2.75) is 31.2 Å².